The lowest BCUT2D eigenvalue weighted by Gasteiger charge is -2.18. The van der Waals surface area contributed by atoms with Crippen molar-refractivity contribution in [3.05, 3.63) is 48.6 Å². The Kier molecular flexibility index (Phi) is 12.9. The van der Waals surface area contributed by atoms with Gasteiger partial charge in [0.25, 0.3) is 0 Å². The number of fused-ring (bicyclic) bond motifs is 3. The van der Waals surface area contributed by atoms with Crippen LogP contribution in [0, 0.1) is 0 Å². The van der Waals surface area contributed by atoms with Gasteiger partial charge in [0.05, 0.1) is 0 Å². The van der Waals surface area contributed by atoms with Gasteiger partial charge in [0.2, 0.25) is 0 Å². The van der Waals surface area contributed by atoms with E-state index in [0.717, 1.165) is 64.0 Å². The normalized spacial score (nSPS) is 11.3. The number of carbonyl (C=O) groups is 2. The number of hydrogen-bond acceptors (Lipinski definition) is 7. The molecule has 0 aliphatic heterocycles. The Morgan fingerprint density at radius 1 is 0.730 bits per heavy atom. The van der Waals surface area contributed by atoms with Gasteiger partial charge in [-0.05, 0) is 62.6 Å². The molecule has 0 saturated heterocycles. The van der Waals surface area contributed by atoms with Crippen LogP contribution in [0.2, 0.25) is 0 Å². The zero-order valence-corrected chi connectivity index (χ0v) is 22.9. The first-order valence-corrected chi connectivity index (χ1v) is 13.4. The van der Waals surface area contributed by atoms with Crippen LogP contribution in [0.5, 0.6) is 11.5 Å². The lowest BCUT2D eigenvalue weighted by Crippen LogP contribution is -2.27. The maximum Gasteiger partial charge on any atom is 0.328 e. The lowest BCUT2D eigenvalue weighted by atomic mass is 10.1. The average Bonchev–Trinajstić information content (AvgIpc) is 3.25. The van der Waals surface area contributed by atoms with Crippen LogP contribution < -0.4 is 9.47 Å². The van der Waals surface area contributed by atoms with Crippen molar-refractivity contribution in [1.29, 1.82) is 0 Å². The number of thiophene rings is 1. The van der Waals surface area contributed by atoms with Crippen LogP contribution in [0.1, 0.15) is 27.7 Å². The molecular formula is C28H38N2O6S. The van der Waals surface area contributed by atoms with Crippen LogP contribution in [-0.4, -0.2) is 84.4 Å². The van der Waals surface area contributed by atoms with Gasteiger partial charge in [0.1, 0.15) is 24.7 Å². The van der Waals surface area contributed by atoms with E-state index in [0.29, 0.717) is 12.2 Å². The minimum absolute atomic E-state index is 0.558. The Bertz CT molecular complexity index is 1080. The number of likely N-dealkylation sites (N-methyl/N-ethyl adjacent to an activating group) is 2. The van der Waals surface area contributed by atoms with Gasteiger partial charge in [-0.1, -0.05) is 27.7 Å². The van der Waals surface area contributed by atoms with E-state index in [4.69, 9.17) is 19.7 Å². The third kappa shape index (κ3) is 10.0. The van der Waals surface area contributed by atoms with E-state index < -0.39 is 11.9 Å². The molecule has 0 radical (unpaired) electrons. The smallest absolute Gasteiger partial charge is 0.328 e. The quantitative estimate of drug-likeness (QED) is 0.274. The summed E-state index contributed by atoms with van der Waals surface area (Å²) in [5.74, 6) is -0.630. The van der Waals surface area contributed by atoms with Gasteiger partial charge in [-0.15, -0.1) is 11.3 Å². The highest BCUT2D eigenvalue weighted by Crippen LogP contribution is 2.37. The zero-order valence-electron chi connectivity index (χ0n) is 22.1. The molecule has 0 aliphatic rings. The maximum absolute atomic E-state index is 9.55. The van der Waals surface area contributed by atoms with Crippen LogP contribution in [0.25, 0.3) is 20.2 Å². The highest BCUT2D eigenvalue weighted by Gasteiger charge is 2.09. The number of nitrogens with zero attached hydrogens (tertiary/aromatic N) is 2. The third-order valence-electron chi connectivity index (χ3n) is 5.92. The highest BCUT2D eigenvalue weighted by molar-refractivity contribution is 7.25. The van der Waals surface area contributed by atoms with Crippen molar-refractivity contribution in [2.75, 3.05) is 52.5 Å². The van der Waals surface area contributed by atoms with Crippen molar-refractivity contribution in [2.45, 2.75) is 27.7 Å². The molecule has 8 nitrogen and oxygen atoms in total. The second kappa shape index (κ2) is 15.9. The van der Waals surface area contributed by atoms with Crippen molar-refractivity contribution < 1.29 is 29.3 Å². The van der Waals surface area contributed by atoms with Crippen LogP contribution in [0.15, 0.2) is 48.6 Å². The van der Waals surface area contributed by atoms with E-state index in [1.807, 2.05) is 11.3 Å². The van der Waals surface area contributed by atoms with Gasteiger partial charge in [-0.2, -0.15) is 0 Å². The summed E-state index contributed by atoms with van der Waals surface area (Å²) < 4.78 is 14.7. The summed E-state index contributed by atoms with van der Waals surface area (Å²) >= 11 is 1.82. The number of ether oxygens (including phenoxy) is 2. The average molecular weight is 531 g/mol. The van der Waals surface area contributed by atoms with E-state index in [1.165, 1.54) is 20.2 Å². The van der Waals surface area contributed by atoms with E-state index in [1.54, 1.807) is 0 Å². The topological polar surface area (TPSA) is 99.5 Å². The minimum Gasteiger partial charge on any atom is -0.492 e. The first kappa shape index (κ1) is 30.1. The molecule has 2 aromatic carbocycles. The predicted octanol–water partition coefficient (Wildman–Crippen LogP) is 5.21. The molecule has 9 heteroatoms. The summed E-state index contributed by atoms with van der Waals surface area (Å²) in [6.45, 7) is 16.4. The summed E-state index contributed by atoms with van der Waals surface area (Å²) in [6, 6.07) is 12.9. The molecule has 1 aromatic heterocycles. The third-order valence-corrected chi connectivity index (χ3v) is 7.07. The Hall–Kier alpha value is -3.14. The molecule has 37 heavy (non-hydrogen) atoms. The fourth-order valence-corrected chi connectivity index (χ4v) is 4.79. The van der Waals surface area contributed by atoms with E-state index >= 15 is 0 Å². The minimum atomic E-state index is -1.26. The van der Waals surface area contributed by atoms with Crippen LogP contribution in [-0.2, 0) is 9.59 Å². The second-order valence-electron chi connectivity index (χ2n) is 8.18. The molecule has 0 aliphatic carbocycles. The Morgan fingerprint density at radius 3 is 1.43 bits per heavy atom. The molecule has 0 amide bonds. The van der Waals surface area contributed by atoms with Gasteiger partial charge in [-0.25, -0.2) is 9.59 Å². The maximum atomic E-state index is 9.55. The van der Waals surface area contributed by atoms with Crippen molar-refractivity contribution in [2.24, 2.45) is 0 Å². The fraction of sp³-hybridized carbons (Fsp3) is 0.429. The summed E-state index contributed by atoms with van der Waals surface area (Å²) in [6.07, 6.45) is 1.12. The summed E-state index contributed by atoms with van der Waals surface area (Å²) in [4.78, 5) is 23.9. The van der Waals surface area contributed by atoms with Crippen molar-refractivity contribution in [3.63, 3.8) is 0 Å². The van der Waals surface area contributed by atoms with Gasteiger partial charge in [-0.3, -0.25) is 0 Å². The molecule has 3 aromatic rings. The van der Waals surface area contributed by atoms with Crippen LogP contribution in [0.3, 0.4) is 0 Å². The number of benzene rings is 2. The molecule has 3 rings (SSSR count). The van der Waals surface area contributed by atoms with Crippen molar-refractivity contribution in [1.82, 2.24) is 9.80 Å². The molecular weight excluding hydrogens is 492 g/mol. The van der Waals surface area contributed by atoms with E-state index in [9.17, 15) is 9.59 Å². The standard InChI is InChI=1S/C24H34N2O2S.C4H4O4/c1-5-25(6-2)13-15-27-19-9-11-23-21(17-19)22-18-20(10-12-24(22)29-23)28-16-14-26(7-3)8-4;5-3(6)1-2-4(7)8/h9-12,17-18H,5-8,13-16H2,1-4H3;1-2H,(H,5,6)(H,7,8)/b;2-1+. The SMILES string of the molecule is CCN(CC)CCOc1ccc2sc3ccc(OCCN(CC)CC)cc3c2c1.O=C(O)/C=C/C(=O)O. The molecule has 0 bridgehead atoms. The van der Waals surface area contributed by atoms with E-state index in [-0.39, 0.29) is 0 Å². The van der Waals surface area contributed by atoms with Crippen LogP contribution in [0.4, 0.5) is 0 Å². The number of rotatable bonds is 14. The van der Waals surface area contributed by atoms with Gasteiger partial charge >= 0.3 is 11.9 Å². The van der Waals surface area contributed by atoms with Gasteiger partial charge in [0.15, 0.2) is 0 Å². The Labute approximate surface area is 222 Å². The lowest BCUT2D eigenvalue weighted by molar-refractivity contribution is -0.134. The largest absolute Gasteiger partial charge is 0.492 e. The van der Waals surface area contributed by atoms with E-state index in [2.05, 4.69) is 73.9 Å². The summed E-state index contributed by atoms with van der Waals surface area (Å²) in [7, 11) is 0. The highest BCUT2D eigenvalue weighted by atomic mass is 32.1. The van der Waals surface area contributed by atoms with Gasteiger partial charge < -0.3 is 29.5 Å². The molecule has 1 heterocycles. The molecule has 0 unspecified atom stereocenters. The zero-order chi connectivity index (χ0) is 27.2. The molecule has 2 N–H and O–H groups in total. The molecule has 202 valence electrons. The van der Waals surface area contributed by atoms with Crippen LogP contribution >= 0.6 is 11.3 Å². The van der Waals surface area contributed by atoms with Crippen molar-refractivity contribution in [3.8, 4) is 11.5 Å². The first-order chi connectivity index (χ1) is 17.8. The second-order valence-corrected chi connectivity index (χ2v) is 9.26. The Balaban J connectivity index is 0.000000521. The number of hydrogen-bond donors (Lipinski definition) is 2. The molecule has 0 fully saturated rings. The molecule has 0 spiro atoms. The first-order valence-electron chi connectivity index (χ1n) is 12.6. The number of carboxylic acids is 2. The predicted molar refractivity (Wildman–Crippen MR) is 150 cm³/mol. The Morgan fingerprint density at radius 2 is 1.11 bits per heavy atom. The summed E-state index contributed by atoms with van der Waals surface area (Å²) in [5.41, 5.74) is 0. The number of aliphatic carboxylic acids is 2. The molecule has 0 saturated carbocycles. The molecule has 0 atom stereocenters. The fourth-order valence-electron chi connectivity index (χ4n) is 3.72. The summed E-state index contributed by atoms with van der Waals surface area (Å²) in [5, 5.41) is 18.1. The monoisotopic (exact) mass is 530 g/mol. The number of carboxylic acid groups (broad SMARTS) is 2. The van der Waals surface area contributed by atoms with Crippen molar-refractivity contribution >= 4 is 43.4 Å². The van der Waals surface area contributed by atoms with Gasteiger partial charge in [0, 0.05) is 45.4 Å².